The summed E-state index contributed by atoms with van der Waals surface area (Å²) >= 11 is 0. The molecular weight excluding hydrogens is 168 g/mol. The van der Waals surface area contributed by atoms with Crippen molar-refractivity contribution >= 4 is 0 Å². The molecule has 4 N–H and O–H groups in total. The van der Waals surface area contributed by atoms with Crippen molar-refractivity contribution in [3.8, 4) is 0 Å². The van der Waals surface area contributed by atoms with Crippen LogP contribution in [0.25, 0.3) is 0 Å². The minimum atomic E-state index is -0.555. The van der Waals surface area contributed by atoms with E-state index in [1.165, 1.54) is 0 Å². The van der Waals surface area contributed by atoms with Gasteiger partial charge in [0.15, 0.2) is 11.7 Å². The number of hydrogen-bond donors (Lipinski definition) is 4. The summed E-state index contributed by atoms with van der Waals surface area (Å²) in [5, 5.41) is 12.2. The fourth-order valence-electron chi connectivity index (χ4n) is 0.862. The van der Waals surface area contributed by atoms with Gasteiger partial charge in [0.2, 0.25) is 0 Å². The maximum absolute atomic E-state index is 5.78. The Kier molecular flexibility index (Phi) is 4.80. The van der Waals surface area contributed by atoms with Crippen LogP contribution in [0, 0.1) is 0 Å². The van der Waals surface area contributed by atoms with Crippen LogP contribution < -0.4 is 21.3 Å². The van der Waals surface area contributed by atoms with Crippen molar-refractivity contribution in [3.63, 3.8) is 0 Å². The molecule has 0 bridgehead atoms. The number of hydrogen-bond acceptors (Lipinski definition) is 5. The van der Waals surface area contributed by atoms with E-state index in [0.717, 1.165) is 0 Å². The summed E-state index contributed by atoms with van der Waals surface area (Å²) in [6.45, 7) is 3.83. The van der Waals surface area contributed by atoms with Gasteiger partial charge in [0.05, 0.1) is 0 Å². The monoisotopic (exact) mass is 190 g/mol. The van der Waals surface area contributed by atoms with Crippen molar-refractivity contribution in [2.45, 2.75) is 25.5 Å². The lowest BCUT2D eigenvalue weighted by Crippen LogP contribution is -2.65. The van der Waals surface area contributed by atoms with E-state index in [0.29, 0.717) is 0 Å². The van der Waals surface area contributed by atoms with Gasteiger partial charge in [0.1, 0.15) is 0 Å². The standard InChI is InChI=1S/C8H22N4O/c1-7(9-3,10-4)13-8(2,11-5)12-6/h9-12H,1-6H3. The third-order valence-corrected chi connectivity index (χ3v) is 2.32. The van der Waals surface area contributed by atoms with E-state index in [-0.39, 0.29) is 0 Å². The van der Waals surface area contributed by atoms with Gasteiger partial charge in [-0.25, -0.2) is 0 Å². The highest BCUT2D eigenvalue weighted by Crippen LogP contribution is 2.09. The van der Waals surface area contributed by atoms with Crippen LogP contribution in [0.4, 0.5) is 0 Å². The molecule has 0 unspecified atom stereocenters. The Balaban J connectivity index is 4.36. The summed E-state index contributed by atoms with van der Waals surface area (Å²) in [4.78, 5) is 0. The lowest BCUT2D eigenvalue weighted by atomic mass is 10.4. The summed E-state index contributed by atoms with van der Waals surface area (Å²) < 4.78 is 5.78. The van der Waals surface area contributed by atoms with E-state index in [4.69, 9.17) is 4.74 Å². The number of nitrogens with one attached hydrogen (secondary N) is 4. The molecule has 0 aliphatic heterocycles. The maximum atomic E-state index is 5.78. The molecule has 0 fully saturated rings. The van der Waals surface area contributed by atoms with Gasteiger partial charge in [-0.15, -0.1) is 0 Å². The van der Waals surface area contributed by atoms with E-state index in [9.17, 15) is 0 Å². The Morgan fingerprint density at radius 1 is 0.692 bits per heavy atom. The third kappa shape index (κ3) is 3.58. The molecule has 0 amide bonds. The second kappa shape index (κ2) is 4.88. The van der Waals surface area contributed by atoms with Crippen molar-refractivity contribution in [3.05, 3.63) is 0 Å². The zero-order valence-electron chi connectivity index (χ0n) is 9.41. The highest BCUT2D eigenvalue weighted by molar-refractivity contribution is 4.72. The molecule has 5 heteroatoms. The summed E-state index contributed by atoms with van der Waals surface area (Å²) in [5.41, 5.74) is 0. The van der Waals surface area contributed by atoms with Crippen LogP contribution >= 0.6 is 0 Å². The highest BCUT2D eigenvalue weighted by Gasteiger charge is 2.31. The molecule has 13 heavy (non-hydrogen) atoms. The van der Waals surface area contributed by atoms with Gasteiger partial charge in [0, 0.05) is 0 Å². The zero-order valence-corrected chi connectivity index (χ0v) is 9.41. The first-order valence-electron chi connectivity index (χ1n) is 4.41. The number of rotatable bonds is 6. The number of ether oxygens (including phenoxy) is 1. The Labute approximate surface area is 80.6 Å². The Morgan fingerprint density at radius 3 is 1.08 bits per heavy atom. The predicted octanol–water partition coefficient (Wildman–Crippen LogP) is -0.772. The minimum absolute atomic E-state index is 0.555. The first-order chi connectivity index (χ1) is 5.95. The van der Waals surface area contributed by atoms with Crippen LogP contribution in [0.3, 0.4) is 0 Å². The van der Waals surface area contributed by atoms with E-state index in [2.05, 4.69) is 21.3 Å². The summed E-state index contributed by atoms with van der Waals surface area (Å²) in [6.07, 6.45) is 0. The average molecular weight is 190 g/mol. The normalized spacial score (nSPS) is 13.4. The molecule has 0 aliphatic carbocycles. The van der Waals surface area contributed by atoms with Gasteiger partial charge in [-0.1, -0.05) is 0 Å². The van der Waals surface area contributed by atoms with Gasteiger partial charge < -0.3 is 4.74 Å². The lowest BCUT2D eigenvalue weighted by molar-refractivity contribution is -0.191. The summed E-state index contributed by atoms with van der Waals surface area (Å²) in [7, 11) is 7.34. The van der Waals surface area contributed by atoms with Crippen LogP contribution in [0.2, 0.25) is 0 Å². The van der Waals surface area contributed by atoms with Crippen molar-refractivity contribution in [2.75, 3.05) is 28.2 Å². The van der Waals surface area contributed by atoms with Crippen molar-refractivity contribution < 1.29 is 4.74 Å². The average Bonchev–Trinajstić information content (AvgIpc) is 2.17. The maximum Gasteiger partial charge on any atom is 0.174 e. The molecule has 0 spiro atoms. The van der Waals surface area contributed by atoms with Crippen molar-refractivity contribution in [1.82, 2.24) is 21.3 Å². The third-order valence-electron chi connectivity index (χ3n) is 2.32. The highest BCUT2D eigenvalue weighted by atomic mass is 16.6. The molecule has 0 saturated carbocycles. The molecule has 0 aliphatic rings. The fourth-order valence-corrected chi connectivity index (χ4v) is 0.862. The van der Waals surface area contributed by atoms with E-state index in [1.807, 2.05) is 42.0 Å². The van der Waals surface area contributed by atoms with E-state index >= 15 is 0 Å². The molecule has 0 saturated heterocycles. The first kappa shape index (κ1) is 12.8. The first-order valence-corrected chi connectivity index (χ1v) is 4.41. The van der Waals surface area contributed by atoms with Gasteiger partial charge in [-0.2, -0.15) is 0 Å². The largest absolute Gasteiger partial charge is 0.314 e. The molecule has 0 atom stereocenters. The fraction of sp³-hybridized carbons (Fsp3) is 1.00. The topological polar surface area (TPSA) is 57.4 Å². The van der Waals surface area contributed by atoms with Crippen LogP contribution in [0.1, 0.15) is 13.8 Å². The Hall–Kier alpha value is -0.200. The lowest BCUT2D eigenvalue weighted by Gasteiger charge is -2.39. The van der Waals surface area contributed by atoms with Crippen molar-refractivity contribution in [1.29, 1.82) is 0 Å². The van der Waals surface area contributed by atoms with E-state index in [1.54, 1.807) is 0 Å². The minimum Gasteiger partial charge on any atom is -0.314 e. The molecule has 0 aromatic heterocycles. The molecular formula is C8H22N4O. The molecule has 5 nitrogen and oxygen atoms in total. The van der Waals surface area contributed by atoms with Crippen LogP contribution in [0.15, 0.2) is 0 Å². The Bertz CT molecular complexity index is 127. The summed E-state index contributed by atoms with van der Waals surface area (Å²) in [6, 6.07) is 0. The molecule has 0 aromatic carbocycles. The van der Waals surface area contributed by atoms with Gasteiger partial charge >= 0.3 is 0 Å². The zero-order chi connectivity index (χ0) is 10.5. The predicted molar refractivity (Wildman–Crippen MR) is 54.1 cm³/mol. The second-order valence-corrected chi connectivity index (χ2v) is 3.17. The van der Waals surface area contributed by atoms with E-state index < -0.39 is 11.7 Å². The van der Waals surface area contributed by atoms with Gasteiger partial charge in [-0.05, 0) is 42.0 Å². The molecule has 0 aromatic rings. The molecule has 0 heterocycles. The smallest absolute Gasteiger partial charge is 0.174 e. The molecule has 0 radical (unpaired) electrons. The van der Waals surface area contributed by atoms with Crippen LogP contribution in [-0.2, 0) is 4.74 Å². The SMILES string of the molecule is CNC(C)(NC)OC(C)(NC)NC. The van der Waals surface area contributed by atoms with Gasteiger partial charge in [-0.3, -0.25) is 21.3 Å². The van der Waals surface area contributed by atoms with Gasteiger partial charge in [0.25, 0.3) is 0 Å². The second-order valence-electron chi connectivity index (χ2n) is 3.17. The molecule has 80 valence electrons. The molecule has 0 rings (SSSR count). The quantitative estimate of drug-likeness (QED) is 0.414. The van der Waals surface area contributed by atoms with Crippen LogP contribution in [0.5, 0.6) is 0 Å². The summed E-state index contributed by atoms with van der Waals surface area (Å²) in [5.74, 6) is -1.11. The Morgan fingerprint density at radius 2 is 0.923 bits per heavy atom. The van der Waals surface area contributed by atoms with Crippen LogP contribution in [-0.4, -0.2) is 39.9 Å². The van der Waals surface area contributed by atoms with Crippen molar-refractivity contribution in [2.24, 2.45) is 0 Å².